The molecule has 0 spiro atoms. The predicted octanol–water partition coefficient (Wildman–Crippen LogP) is -0.638. The van der Waals surface area contributed by atoms with Gasteiger partial charge in [-0.05, 0) is 16.4 Å². The molecule has 0 aliphatic heterocycles. The molecule has 0 amide bonds. The number of benzene rings is 7. The van der Waals surface area contributed by atoms with Crippen LogP contribution in [0.4, 0.5) is 0 Å². The van der Waals surface area contributed by atoms with Gasteiger partial charge in [0.1, 0.15) is 57.7 Å². The van der Waals surface area contributed by atoms with Gasteiger partial charge in [-0.3, -0.25) is 0 Å². The van der Waals surface area contributed by atoms with Gasteiger partial charge in [-0.2, -0.15) is 0 Å². The lowest BCUT2D eigenvalue weighted by Crippen LogP contribution is -2.14. The lowest BCUT2D eigenvalue weighted by atomic mass is 9.77. The standard InChI is InChI=1S/C45H32B3N3O26S/c46-12-1(19(56)21(58)4(18(12)55)2-13(47)28(65)36(73)31(68)20(2)57)3-15(52)5(6-22(59)30(67)23(60)7-8-24(61)32(69)39(76)40(77)42(8)78-41(6)7)17(54)10(16(3)53)44-49-43(9-14(48)29(66)37(74)33(70)25(9)62)50-45(51-44)11-26(63)34(71)38(75)35(72)27(11)64/h52-77H,46-48H2. The zero-order valence-corrected chi connectivity index (χ0v) is 39.7. The van der Waals surface area contributed by atoms with E-state index in [-0.39, 0.29) is 11.3 Å². The van der Waals surface area contributed by atoms with Crippen LogP contribution >= 0.6 is 11.3 Å². The highest BCUT2D eigenvalue weighted by Gasteiger charge is 2.39. The summed E-state index contributed by atoms with van der Waals surface area (Å²) in [4.78, 5) is 12.1. The van der Waals surface area contributed by atoms with Gasteiger partial charge in [0, 0.05) is 11.1 Å². The third-order valence-corrected chi connectivity index (χ3v) is 14.2. The van der Waals surface area contributed by atoms with E-state index in [4.69, 9.17) is 0 Å². The second-order valence-electron chi connectivity index (χ2n) is 17.1. The molecule has 0 aliphatic carbocycles. The first kappa shape index (κ1) is 51.7. The van der Waals surface area contributed by atoms with E-state index >= 15 is 0 Å². The molecule has 0 fully saturated rings. The molecule has 0 atom stereocenters. The summed E-state index contributed by atoms with van der Waals surface area (Å²) in [6, 6.07) is 0. The Labute approximate surface area is 435 Å². The number of phenols is 26. The van der Waals surface area contributed by atoms with E-state index in [1.165, 1.54) is 0 Å². The van der Waals surface area contributed by atoms with Crippen LogP contribution in [0.3, 0.4) is 0 Å². The number of aromatic nitrogens is 3. The van der Waals surface area contributed by atoms with Crippen molar-refractivity contribution in [3.05, 3.63) is 0 Å². The smallest absolute Gasteiger partial charge is 0.208 e. The van der Waals surface area contributed by atoms with E-state index in [1.54, 1.807) is 0 Å². The van der Waals surface area contributed by atoms with Gasteiger partial charge in [0.2, 0.25) is 57.5 Å². The highest BCUT2D eigenvalue weighted by Crippen LogP contribution is 2.66. The molecule has 9 rings (SSSR count). The number of hydrogen-bond acceptors (Lipinski definition) is 30. The Bertz CT molecular complexity index is 4080. The first-order chi connectivity index (χ1) is 36.3. The van der Waals surface area contributed by atoms with Crippen LogP contribution in [-0.4, -0.2) is 171 Å². The third-order valence-electron chi connectivity index (χ3n) is 13.0. The van der Waals surface area contributed by atoms with E-state index in [0.717, 1.165) is 23.5 Å². The van der Waals surface area contributed by atoms with Crippen molar-refractivity contribution < 1.29 is 133 Å². The molecule has 33 heteroatoms. The van der Waals surface area contributed by atoms with Gasteiger partial charge in [-0.1, -0.05) is 0 Å². The Morgan fingerprint density at radius 3 is 0.910 bits per heavy atom. The van der Waals surface area contributed by atoms with Crippen LogP contribution in [-0.2, 0) is 0 Å². The minimum Gasteiger partial charge on any atom is -0.508 e. The van der Waals surface area contributed by atoms with Gasteiger partial charge in [0.05, 0.1) is 48.0 Å². The highest BCUT2D eigenvalue weighted by molar-refractivity contribution is 7.27. The molecule has 0 unspecified atom stereocenters. The lowest BCUT2D eigenvalue weighted by molar-refractivity contribution is 0.329. The van der Waals surface area contributed by atoms with Crippen molar-refractivity contribution in [2.24, 2.45) is 0 Å². The Hall–Kier alpha value is -11.2. The molecule has 398 valence electrons. The number of thiophene rings is 1. The lowest BCUT2D eigenvalue weighted by Gasteiger charge is -2.24. The van der Waals surface area contributed by atoms with Crippen molar-refractivity contribution in [2.75, 3.05) is 0 Å². The highest BCUT2D eigenvalue weighted by atomic mass is 32.1. The monoisotopic (exact) mass is 1100 g/mol. The average Bonchev–Trinajstić information content (AvgIpc) is 4.02. The minimum atomic E-state index is -1.66. The maximum atomic E-state index is 12.6. The number of aromatic hydroxyl groups is 26. The topological polar surface area (TPSA) is 565 Å². The van der Waals surface area contributed by atoms with E-state index < -0.39 is 254 Å². The molecule has 26 N–H and O–H groups in total. The van der Waals surface area contributed by atoms with Gasteiger partial charge in [-0.25, -0.2) is 15.0 Å². The van der Waals surface area contributed by atoms with Crippen LogP contribution in [0.2, 0.25) is 0 Å². The Balaban J connectivity index is 1.54. The molecular formula is C45H32B3N3O26S. The van der Waals surface area contributed by atoms with Crippen molar-refractivity contribution in [3.8, 4) is 217 Å². The van der Waals surface area contributed by atoms with Crippen LogP contribution < -0.4 is 16.4 Å². The first-order valence-electron chi connectivity index (χ1n) is 21.3. The van der Waals surface area contributed by atoms with Crippen LogP contribution in [0.1, 0.15) is 0 Å². The molecule has 0 aliphatic rings. The maximum Gasteiger partial charge on any atom is 0.208 e. The fraction of sp³-hybridized carbons (Fsp3) is 0. The van der Waals surface area contributed by atoms with Gasteiger partial charge in [-0.15, -0.1) is 11.3 Å². The fourth-order valence-corrected chi connectivity index (χ4v) is 10.3. The van der Waals surface area contributed by atoms with Crippen molar-refractivity contribution in [3.63, 3.8) is 0 Å². The number of rotatable bonds is 6. The molecule has 2 heterocycles. The molecule has 29 nitrogen and oxygen atoms in total. The SMILES string of the molecule is Bc1c(O)c(O)c(O)c(O)c1-c1nc(-c2c(O)c(O)c(O)c(O)c2O)nc(-c2c(O)c(-c3c(B)c(O)c(-c4c(B)c(O)c(O)c(O)c4O)c(O)c3O)c(O)c(-c3c(O)c(O)c(O)c4c3sc3c(O)c(O)c(O)c(O)c34)c2O)n1. The van der Waals surface area contributed by atoms with Crippen molar-refractivity contribution in [1.29, 1.82) is 0 Å². The van der Waals surface area contributed by atoms with E-state index in [1.807, 2.05) is 0 Å². The molecule has 78 heavy (non-hydrogen) atoms. The van der Waals surface area contributed by atoms with Crippen molar-refractivity contribution in [1.82, 2.24) is 15.0 Å². The molecule has 0 saturated carbocycles. The summed E-state index contributed by atoms with van der Waals surface area (Å²) in [5, 5.41) is 288. The number of nitrogens with zero attached hydrogens (tertiary/aromatic N) is 3. The zero-order chi connectivity index (χ0) is 57.8. The summed E-state index contributed by atoms with van der Waals surface area (Å²) >= 11 is 0.170. The zero-order valence-electron chi connectivity index (χ0n) is 38.9. The summed E-state index contributed by atoms with van der Waals surface area (Å²) in [6.45, 7) is 0. The molecule has 7 aromatic carbocycles. The summed E-state index contributed by atoms with van der Waals surface area (Å²) in [7, 11) is 2.84. The average molecular weight is 1100 g/mol. The summed E-state index contributed by atoms with van der Waals surface area (Å²) in [5.41, 5.74) is -12.5. The van der Waals surface area contributed by atoms with Gasteiger partial charge in [0.15, 0.2) is 86.5 Å². The quantitative estimate of drug-likeness (QED) is 0.0559. The van der Waals surface area contributed by atoms with Crippen LogP contribution in [0.25, 0.3) is 87.7 Å². The minimum absolute atomic E-state index is 0.170. The number of hydrogen-bond donors (Lipinski definition) is 26. The normalized spacial score (nSPS) is 11.5. The summed E-state index contributed by atoms with van der Waals surface area (Å²) < 4.78 is -1.41. The summed E-state index contributed by atoms with van der Waals surface area (Å²) in [6.07, 6.45) is 0. The van der Waals surface area contributed by atoms with Gasteiger partial charge >= 0.3 is 0 Å². The number of fused-ring (bicyclic) bond motifs is 3. The largest absolute Gasteiger partial charge is 0.508 e. The Kier molecular flexibility index (Phi) is 11.2. The van der Waals surface area contributed by atoms with Crippen molar-refractivity contribution >= 4 is 71.4 Å². The van der Waals surface area contributed by atoms with Gasteiger partial charge < -0.3 is 133 Å². The first-order valence-corrected chi connectivity index (χ1v) is 22.1. The Morgan fingerprint density at radius 1 is 0.192 bits per heavy atom. The maximum absolute atomic E-state index is 12.6. The van der Waals surface area contributed by atoms with Crippen LogP contribution in [0.5, 0.6) is 149 Å². The molecular weight excluding hydrogens is 1060 g/mol. The predicted molar refractivity (Wildman–Crippen MR) is 273 cm³/mol. The second-order valence-corrected chi connectivity index (χ2v) is 18.2. The fourth-order valence-electron chi connectivity index (χ4n) is 8.96. The van der Waals surface area contributed by atoms with Crippen molar-refractivity contribution in [2.45, 2.75) is 0 Å². The molecule has 0 saturated heterocycles. The molecule has 0 radical (unpaired) electrons. The van der Waals surface area contributed by atoms with Gasteiger partial charge in [0.25, 0.3) is 0 Å². The number of phenolic OH excluding ortho intramolecular Hbond substituents is 26. The molecule has 9 aromatic rings. The molecule has 2 aromatic heterocycles. The van der Waals surface area contributed by atoms with Crippen LogP contribution in [0.15, 0.2) is 0 Å². The Morgan fingerprint density at radius 2 is 0.436 bits per heavy atom. The third kappa shape index (κ3) is 6.53. The summed E-state index contributed by atoms with van der Waals surface area (Å²) in [5.74, 6) is -41.1. The van der Waals surface area contributed by atoms with Crippen LogP contribution in [0, 0.1) is 0 Å². The van der Waals surface area contributed by atoms with E-state index in [9.17, 15) is 133 Å². The molecule has 0 bridgehead atoms. The second kappa shape index (κ2) is 16.9. The van der Waals surface area contributed by atoms with E-state index in [0.29, 0.717) is 0 Å². The van der Waals surface area contributed by atoms with E-state index in [2.05, 4.69) is 15.0 Å².